The molecular formula is C8H19NO8S2. The van der Waals surface area contributed by atoms with Gasteiger partial charge in [0.15, 0.2) is 0 Å². The Labute approximate surface area is 112 Å². The highest BCUT2D eigenvalue weighted by atomic mass is 32.2. The fourth-order valence-corrected chi connectivity index (χ4v) is 1.47. The zero-order chi connectivity index (χ0) is 15.5. The Kier molecular flexibility index (Phi) is 11.2. The van der Waals surface area contributed by atoms with Gasteiger partial charge in [0.25, 0.3) is 20.2 Å². The first kappa shape index (κ1) is 20.7. The molecule has 0 saturated heterocycles. The van der Waals surface area contributed by atoms with Gasteiger partial charge in [0.2, 0.25) is 0 Å². The summed E-state index contributed by atoms with van der Waals surface area (Å²) < 4.78 is 56.0. The highest BCUT2D eigenvalue weighted by molar-refractivity contribution is 7.86. The molecule has 0 aromatic rings. The van der Waals surface area contributed by atoms with Gasteiger partial charge in [-0.15, -0.1) is 0 Å². The molecule has 4 N–H and O–H groups in total. The topological polar surface area (TPSA) is 162 Å². The van der Waals surface area contributed by atoms with Crippen molar-refractivity contribution >= 4 is 26.5 Å². The third-order valence-corrected chi connectivity index (χ3v) is 2.90. The summed E-state index contributed by atoms with van der Waals surface area (Å²) in [5, 5.41) is 17.0. The van der Waals surface area contributed by atoms with Crippen molar-refractivity contribution in [1.29, 1.82) is 0 Å². The van der Waals surface area contributed by atoms with Crippen LogP contribution in [0.5, 0.6) is 0 Å². The van der Waals surface area contributed by atoms with Crippen LogP contribution in [-0.4, -0.2) is 73.1 Å². The lowest BCUT2D eigenvalue weighted by Crippen LogP contribution is -2.16. The van der Waals surface area contributed by atoms with Crippen LogP contribution in [0.25, 0.3) is 0 Å². The van der Waals surface area contributed by atoms with Gasteiger partial charge in [-0.3, -0.25) is 14.1 Å². The monoisotopic (exact) mass is 321 g/mol. The molecule has 0 aromatic carbocycles. The van der Waals surface area contributed by atoms with E-state index in [0.29, 0.717) is 6.42 Å². The Morgan fingerprint density at radius 3 is 1.95 bits per heavy atom. The van der Waals surface area contributed by atoms with Crippen molar-refractivity contribution in [3.8, 4) is 0 Å². The van der Waals surface area contributed by atoms with Crippen LogP contribution in [0, 0.1) is 0 Å². The SMILES string of the molecule is CCCS(=O)(=O)O.O=S(=O)(O)CC=NCC(O)CO. The second-order valence-electron chi connectivity index (χ2n) is 3.42. The highest BCUT2D eigenvalue weighted by Gasteiger charge is 2.01. The minimum Gasteiger partial charge on any atom is -0.394 e. The summed E-state index contributed by atoms with van der Waals surface area (Å²) in [6.45, 7) is 1.18. The quantitative estimate of drug-likeness (QED) is 0.328. The van der Waals surface area contributed by atoms with Crippen LogP contribution in [-0.2, 0) is 20.2 Å². The van der Waals surface area contributed by atoms with Gasteiger partial charge in [-0.1, -0.05) is 6.92 Å². The molecule has 0 aromatic heterocycles. The van der Waals surface area contributed by atoms with Gasteiger partial charge in [-0.05, 0) is 6.42 Å². The van der Waals surface area contributed by atoms with E-state index in [9.17, 15) is 16.8 Å². The van der Waals surface area contributed by atoms with Crippen molar-refractivity contribution in [2.24, 2.45) is 4.99 Å². The predicted molar refractivity (Wildman–Crippen MR) is 69.6 cm³/mol. The maximum atomic E-state index is 10.1. The van der Waals surface area contributed by atoms with Gasteiger partial charge in [-0.25, -0.2) is 0 Å². The van der Waals surface area contributed by atoms with Crippen molar-refractivity contribution in [1.82, 2.24) is 0 Å². The maximum Gasteiger partial charge on any atom is 0.270 e. The van der Waals surface area contributed by atoms with Gasteiger partial charge in [0.05, 0.1) is 25.0 Å². The van der Waals surface area contributed by atoms with Gasteiger partial charge in [0.1, 0.15) is 5.75 Å². The minimum absolute atomic E-state index is 0.0774. The van der Waals surface area contributed by atoms with Crippen LogP contribution in [0.4, 0.5) is 0 Å². The van der Waals surface area contributed by atoms with E-state index >= 15 is 0 Å². The van der Waals surface area contributed by atoms with Crippen LogP contribution in [0.1, 0.15) is 13.3 Å². The van der Waals surface area contributed by atoms with E-state index in [0.717, 1.165) is 6.21 Å². The molecule has 0 aliphatic heterocycles. The predicted octanol–water partition coefficient (Wildman–Crippen LogP) is -1.42. The van der Waals surface area contributed by atoms with Crippen molar-refractivity contribution in [2.45, 2.75) is 19.4 Å². The Morgan fingerprint density at radius 2 is 1.68 bits per heavy atom. The molecule has 0 aliphatic rings. The lowest BCUT2D eigenvalue weighted by Gasteiger charge is -2.00. The Hall–Kier alpha value is -0.590. The summed E-state index contributed by atoms with van der Waals surface area (Å²) in [5.74, 6) is -0.710. The largest absolute Gasteiger partial charge is 0.394 e. The van der Waals surface area contributed by atoms with Gasteiger partial charge in [0, 0.05) is 6.21 Å². The van der Waals surface area contributed by atoms with Crippen LogP contribution >= 0.6 is 0 Å². The van der Waals surface area contributed by atoms with E-state index in [-0.39, 0.29) is 12.3 Å². The maximum absolute atomic E-state index is 10.1. The molecule has 116 valence electrons. The van der Waals surface area contributed by atoms with E-state index < -0.39 is 38.7 Å². The van der Waals surface area contributed by atoms with Crippen LogP contribution in [0.3, 0.4) is 0 Å². The third kappa shape index (κ3) is 23.0. The van der Waals surface area contributed by atoms with Gasteiger partial charge >= 0.3 is 0 Å². The number of aliphatic imine (C=N–C) groups is 1. The fraction of sp³-hybridized carbons (Fsp3) is 0.875. The lowest BCUT2D eigenvalue weighted by molar-refractivity contribution is 0.102. The molecule has 0 heterocycles. The molecule has 0 fully saturated rings. The standard InChI is InChI=1S/C5H11NO5S.C3H8O3S/c7-4-5(8)3-6-1-2-12(9,10)11;1-2-3-7(4,5)6/h1,5,7-8H,2-4H2,(H,9,10,11);2-3H2,1H3,(H,4,5,6). The van der Waals surface area contributed by atoms with Crippen LogP contribution in [0.15, 0.2) is 4.99 Å². The molecule has 19 heavy (non-hydrogen) atoms. The minimum atomic E-state index is -4.02. The zero-order valence-corrected chi connectivity index (χ0v) is 12.0. The number of rotatable bonds is 7. The van der Waals surface area contributed by atoms with Crippen LogP contribution in [0.2, 0.25) is 0 Å². The highest BCUT2D eigenvalue weighted by Crippen LogP contribution is 1.84. The molecule has 0 rings (SSSR count). The number of nitrogens with zero attached hydrogens (tertiary/aromatic N) is 1. The van der Waals surface area contributed by atoms with E-state index in [1.165, 1.54) is 0 Å². The summed E-state index contributed by atoms with van der Waals surface area (Å²) in [6, 6.07) is 0. The molecule has 0 spiro atoms. The molecule has 9 nitrogen and oxygen atoms in total. The Bertz CT molecular complexity index is 441. The van der Waals surface area contributed by atoms with Crippen molar-refractivity contribution < 1.29 is 36.2 Å². The zero-order valence-electron chi connectivity index (χ0n) is 10.4. The van der Waals surface area contributed by atoms with E-state index in [1.807, 2.05) is 0 Å². The molecule has 0 saturated carbocycles. The summed E-state index contributed by atoms with van der Waals surface area (Å²) in [7, 11) is -7.70. The number of aliphatic hydroxyl groups excluding tert-OH is 2. The Balaban J connectivity index is 0. The first-order chi connectivity index (χ1) is 8.52. The van der Waals surface area contributed by atoms with Gasteiger partial charge in [-0.2, -0.15) is 16.8 Å². The molecule has 1 unspecified atom stereocenters. The molecule has 0 amide bonds. The molecule has 11 heteroatoms. The molecule has 0 radical (unpaired) electrons. The number of hydrogen-bond acceptors (Lipinski definition) is 7. The second kappa shape index (κ2) is 10.2. The molecular weight excluding hydrogens is 302 g/mol. The molecule has 1 atom stereocenters. The van der Waals surface area contributed by atoms with E-state index in [4.69, 9.17) is 19.3 Å². The molecule has 0 aliphatic carbocycles. The summed E-state index contributed by atoms with van der Waals surface area (Å²) in [5.41, 5.74) is 0. The van der Waals surface area contributed by atoms with E-state index in [2.05, 4.69) is 4.99 Å². The second-order valence-corrected chi connectivity index (χ2v) is 6.49. The number of aliphatic hydroxyl groups is 2. The first-order valence-electron chi connectivity index (χ1n) is 5.19. The smallest absolute Gasteiger partial charge is 0.270 e. The van der Waals surface area contributed by atoms with Crippen molar-refractivity contribution in [2.75, 3.05) is 24.7 Å². The first-order valence-corrected chi connectivity index (χ1v) is 8.41. The van der Waals surface area contributed by atoms with E-state index in [1.54, 1.807) is 6.92 Å². The average Bonchev–Trinajstić information content (AvgIpc) is 2.22. The fourth-order valence-electron chi connectivity index (χ4n) is 0.659. The number of hydrogen-bond donors (Lipinski definition) is 4. The average molecular weight is 321 g/mol. The van der Waals surface area contributed by atoms with Gasteiger partial charge < -0.3 is 10.2 Å². The normalized spacial score (nSPS) is 13.9. The molecule has 0 bridgehead atoms. The summed E-state index contributed by atoms with van der Waals surface area (Å²) in [6.07, 6.45) is 0.454. The van der Waals surface area contributed by atoms with Crippen LogP contribution < -0.4 is 0 Å². The third-order valence-electron chi connectivity index (χ3n) is 1.40. The summed E-state index contributed by atoms with van der Waals surface area (Å²) >= 11 is 0. The van der Waals surface area contributed by atoms with Crippen molar-refractivity contribution in [3.63, 3.8) is 0 Å². The summed E-state index contributed by atoms with van der Waals surface area (Å²) in [4.78, 5) is 3.45. The Morgan fingerprint density at radius 1 is 1.16 bits per heavy atom. The van der Waals surface area contributed by atoms with Crippen molar-refractivity contribution in [3.05, 3.63) is 0 Å². The lowest BCUT2D eigenvalue weighted by atomic mass is 10.4.